The molecule has 1 saturated carbocycles. The Morgan fingerprint density at radius 3 is 2.37 bits per heavy atom. The third-order valence-corrected chi connectivity index (χ3v) is 4.14. The third kappa shape index (κ3) is 3.29. The Bertz CT molecular complexity index is 472. The first-order valence-electron chi connectivity index (χ1n) is 5.64. The van der Waals surface area contributed by atoms with Gasteiger partial charge >= 0.3 is 6.18 Å². The lowest BCUT2D eigenvalue weighted by molar-refractivity contribution is -0.137. The molecule has 0 amide bonds. The van der Waals surface area contributed by atoms with Gasteiger partial charge in [-0.15, -0.1) is 11.3 Å². The van der Waals surface area contributed by atoms with E-state index in [-0.39, 0.29) is 29.1 Å². The summed E-state index contributed by atoms with van der Waals surface area (Å²) in [7, 11) is 0. The van der Waals surface area contributed by atoms with Crippen LogP contribution in [-0.2, 0) is 6.18 Å². The Morgan fingerprint density at radius 1 is 1.32 bits per heavy atom. The van der Waals surface area contributed by atoms with Gasteiger partial charge in [0, 0.05) is 25.0 Å². The molecule has 19 heavy (non-hydrogen) atoms. The lowest BCUT2D eigenvalue weighted by atomic mass is 9.84. The summed E-state index contributed by atoms with van der Waals surface area (Å²) in [4.78, 5) is 15.0. The van der Waals surface area contributed by atoms with E-state index < -0.39 is 41.6 Å². The van der Waals surface area contributed by atoms with Gasteiger partial charge in [-0.3, -0.25) is 4.79 Å². The van der Waals surface area contributed by atoms with Crippen molar-refractivity contribution in [1.29, 1.82) is 0 Å². The van der Waals surface area contributed by atoms with Crippen LogP contribution in [0, 0.1) is 5.92 Å². The lowest BCUT2D eigenvalue weighted by Crippen LogP contribution is -2.28. The predicted molar refractivity (Wildman–Crippen MR) is 58.4 cm³/mol. The van der Waals surface area contributed by atoms with Gasteiger partial charge in [0.2, 0.25) is 5.92 Å². The number of aromatic nitrogens is 1. The van der Waals surface area contributed by atoms with Crippen molar-refractivity contribution in [2.45, 2.75) is 37.8 Å². The highest BCUT2D eigenvalue weighted by Crippen LogP contribution is 2.39. The maximum absolute atomic E-state index is 12.9. The van der Waals surface area contributed by atoms with Gasteiger partial charge in [-0.2, -0.15) is 13.2 Å². The van der Waals surface area contributed by atoms with Gasteiger partial charge in [0.05, 0.1) is 4.88 Å². The molecule has 8 heteroatoms. The van der Waals surface area contributed by atoms with E-state index in [9.17, 15) is 26.7 Å². The second kappa shape index (κ2) is 4.81. The summed E-state index contributed by atoms with van der Waals surface area (Å²) in [6, 6.07) is 0. The maximum atomic E-state index is 12.9. The monoisotopic (exact) mass is 299 g/mol. The standard InChI is InChI=1S/C11H10F5NOS/c12-10(13)3-1-6(2-4-10)8(18)7-5-17-9(19-7)11(14,15)16/h5-6H,1-4H2. The van der Waals surface area contributed by atoms with Crippen molar-refractivity contribution in [2.75, 3.05) is 0 Å². The number of nitrogens with zero attached hydrogens (tertiary/aromatic N) is 1. The zero-order chi connectivity index (χ0) is 14.3. The molecule has 1 fully saturated rings. The zero-order valence-electron chi connectivity index (χ0n) is 9.64. The molecule has 1 aromatic heterocycles. The highest BCUT2D eigenvalue weighted by atomic mass is 32.1. The summed E-state index contributed by atoms with van der Waals surface area (Å²) in [5, 5.41) is -1.09. The van der Waals surface area contributed by atoms with Crippen molar-refractivity contribution in [3.05, 3.63) is 16.1 Å². The van der Waals surface area contributed by atoms with Crippen molar-refractivity contribution in [2.24, 2.45) is 5.92 Å². The number of Topliss-reactive ketones (excluding diaryl/α,β-unsaturated/α-hetero) is 1. The molecule has 0 atom stereocenters. The smallest absolute Gasteiger partial charge is 0.293 e. The van der Waals surface area contributed by atoms with Crippen LogP contribution in [0.15, 0.2) is 6.20 Å². The predicted octanol–water partition coefficient (Wildman–Crippen LogP) is 4.17. The largest absolute Gasteiger partial charge is 0.443 e. The minimum absolute atomic E-state index is 0.00504. The molecule has 0 radical (unpaired) electrons. The van der Waals surface area contributed by atoms with Gasteiger partial charge in [-0.25, -0.2) is 13.8 Å². The van der Waals surface area contributed by atoms with Crippen molar-refractivity contribution in [1.82, 2.24) is 4.98 Å². The van der Waals surface area contributed by atoms with E-state index in [1.807, 2.05) is 0 Å². The Balaban J connectivity index is 2.07. The van der Waals surface area contributed by atoms with Crippen LogP contribution in [0.5, 0.6) is 0 Å². The summed E-state index contributed by atoms with van der Waals surface area (Å²) in [6.45, 7) is 0. The summed E-state index contributed by atoms with van der Waals surface area (Å²) >= 11 is 0.268. The number of carbonyl (C=O) groups excluding carboxylic acids is 1. The van der Waals surface area contributed by atoms with Crippen LogP contribution < -0.4 is 0 Å². The first-order chi connectivity index (χ1) is 8.69. The molecule has 0 aliphatic heterocycles. The van der Waals surface area contributed by atoms with Crippen LogP contribution >= 0.6 is 11.3 Å². The fourth-order valence-corrected chi connectivity index (χ4v) is 2.82. The minimum atomic E-state index is -4.58. The first-order valence-corrected chi connectivity index (χ1v) is 6.46. The molecule has 2 nitrogen and oxygen atoms in total. The summed E-state index contributed by atoms with van der Waals surface area (Å²) < 4.78 is 62.9. The van der Waals surface area contributed by atoms with Crippen LogP contribution in [-0.4, -0.2) is 16.7 Å². The fourth-order valence-electron chi connectivity index (χ4n) is 2.02. The van der Waals surface area contributed by atoms with Gasteiger partial charge in [0.15, 0.2) is 10.8 Å². The van der Waals surface area contributed by atoms with Crippen molar-refractivity contribution >= 4 is 17.1 Å². The third-order valence-electron chi connectivity index (χ3n) is 3.08. The number of halogens is 5. The number of rotatable bonds is 2. The first kappa shape index (κ1) is 14.4. The zero-order valence-corrected chi connectivity index (χ0v) is 10.5. The molecule has 0 bridgehead atoms. The average Bonchev–Trinajstić information content (AvgIpc) is 2.77. The van der Waals surface area contributed by atoms with Crippen molar-refractivity contribution < 1.29 is 26.7 Å². The fraction of sp³-hybridized carbons (Fsp3) is 0.636. The second-order valence-corrected chi connectivity index (χ2v) is 5.55. The number of ketones is 1. The molecule has 0 spiro atoms. The number of alkyl halides is 5. The molecule has 1 aliphatic carbocycles. The molecule has 0 unspecified atom stereocenters. The Hall–Kier alpha value is -1.05. The normalized spacial score (nSPS) is 20.5. The summed E-state index contributed by atoms with van der Waals surface area (Å²) in [5.74, 6) is -3.90. The van der Waals surface area contributed by atoms with Gasteiger partial charge in [0.1, 0.15) is 0 Å². The topological polar surface area (TPSA) is 30.0 Å². The Morgan fingerprint density at radius 2 is 1.89 bits per heavy atom. The van der Waals surface area contributed by atoms with E-state index >= 15 is 0 Å². The van der Waals surface area contributed by atoms with E-state index in [4.69, 9.17) is 0 Å². The number of carbonyl (C=O) groups is 1. The van der Waals surface area contributed by atoms with E-state index in [1.165, 1.54) is 0 Å². The second-order valence-electron chi connectivity index (χ2n) is 4.52. The molecule has 1 aromatic rings. The molecular formula is C11H10F5NOS. The van der Waals surface area contributed by atoms with Gasteiger partial charge < -0.3 is 0 Å². The SMILES string of the molecule is O=C(c1cnc(C(F)(F)F)s1)C1CCC(F)(F)CC1. The van der Waals surface area contributed by atoms with Crippen LogP contribution in [0.1, 0.15) is 40.4 Å². The van der Waals surface area contributed by atoms with E-state index in [0.717, 1.165) is 6.20 Å². The van der Waals surface area contributed by atoms with Crippen LogP contribution in [0.25, 0.3) is 0 Å². The Labute approximate surface area is 109 Å². The maximum Gasteiger partial charge on any atom is 0.443 e. The van der Waals surface area contributed by atoms with E-state index in [1.54, 1.807) is 0 Å². The quantitative estimate of drug-likeness (QED) is 0.606. The molecule has 0 aromatic carbocycles. The van der Waals surface area contributed by atoms with Gasteiger partial charge in [-0.05, 0) is 12.8 Å². The summed E-state index contributed by atoms with van der Waals surface area (Å²) in [5.41, 5.74) is 0. The lowest BCUT2D eigenvalue weighted by Gasteiger charge is -2.26. The molecule has 1 aliphatic rings. The number of thiazole rings is 1. The van der Waals surface area contributed by atoms with E-state index in [2.05, 4.69) is 4.98 Å². The van der Waals surface area contributed by atoms with Gasteiger partial charge in [0.25, 0.3) is 0 Å². The van der Waals surface area contributed by atoms with Gasteiger partial charge in [-0.1, -0.05) is 0 Å². The minimum Gasteiger partial charge on any atom is -0.293 e. The van der Waals surface area contributed by atoms with Crippen molar-refractivity contribution in [3.63, 3.8) is 0 Å². The highest BCUT2D eigenvalue weighted by Gasteiger charge is 2.39. The molecule has 0 N–H and O–H groups in total. The van der Waals surface area contributed by atoms with Crippen LogP contribution in [0.4, 0.5) is 22.0 Å². The number of hydrogen-bond donors (Lipinski definition) is 0. The molecule has 1 heterocycles. The van der Waals surface area contributed by atoms with Crippen LogP contribution in [0.2, 0.25) is 0 Å². The molecule has 0 saturated heterocycles. The molecule has 106 valence electrons. The average molecular weight is 299 g/mol. The Kier molecular flexibility index (Phi) is 3.63. The van der Waals surface area contributed by atoms with Crippen LogP contribution in [0.3, 0.4) is 0 Å². The van der Waals surface area contributed by atoms with Crippen molar-refractivity contribution in [3.8, 4) is 0 Å². The summed E-state index contributed by atoms with van der Waals surface area (Å²) in [6.07, 6.45) is -4.48. The highest BCUT2D eigenvalue weighted by molar-refractivity contribution is 7.13. The molecule has 2 rings (SSSR count). The molecular weight excluding hydrogens is 289 g/mol. The number of hydrogen-bond acceptors (Lipinski definition) is 3. The van der Waals surface area contributed by atoms with E-state index in [0.29, 0.717) is 0 Å².